The molecule has 2 aromatic rings. The Kier molecular flexibility index (Phi) is 6.09. The molecule has 0 spiro atoms. The lowest BCUT2D eigenvalue weighted by Gasteiger charge is -2.40. The van der Waals surface area contributed by atoms with Crippen LogP contribution in [0.2, 0.25) is 5.02 Å². The highest BCUT2D eigenvalue weighted by Gasteiger charge is 2.45. The molecule has 0 atom stereocenters. The molecule has 0 aromatic heterocycles. The summed E-state index contributed by atoms with van der Waals surface area (Å²) >= 11 is 5.95. The van der Waals surface area contributed by atoms with Gasteiger partial charge in [0.1, 0.15) is 0 Å². The van der Waals surface area contributed by atoms with Gasteiger partial charge in [-0.3, -0.25) is 20.4 Å². The molecule has 1 saturated carbocycles. The number of benzene rings is 2. The number of hydrogen-bond donors (Lipinski definition) is 2. The topological polar surface area (TPSA) is 76.7 Å². The van der Waals surface area contributed by atoms with Gasteiger partial charge in [-0.2, -0.15) is 0 Å². The number of carbonyl (C=O) groups is 2. The third-order valence-corrected chi connectivity index (χ3v) is 5.31. The quantitative estimate of drug-likeness (QED) is 0.723. The second-order valence-electron chi connectivity index (χ2n) is 6.65. The first-order valence-electron chi connectivity index (χ1n) is 9.18. The Morgan fingerprint density at radius 1 is 1.07 bits per heavy atom. The molecule has 3 rings (SSSR count). The highest BCUT2D eigenvalue weighted by molar-refractivity contribution is 6.30. The number of hydrogen-bond acceptors (Lipinski definition) is 4. The van der Waals surface area contributed by atoms with Crippen LogP contribution in [0.5, 0.6) is 11.5 Å². The molecule has 2 amide bonds. The van der Waals surface area contributed by atoms with Crippen molar-refractivity contribution in [3.8, 4) is 11.5 Å². The van der Waals surface area contributed by atoms with Crippen molar-refractivity contribution in [2.75, 3.05) is 13.7 Å². The predicted octanol–water partition coefficient (Wildman–Crippen LogP) is 3.63. The number of carbonyl (C=O) groups excluding carboxylic acids is 2. The number of methoxy groups -OCH3 is 1. The van der Waals surface area contributed by atoms with Crippen molar-refractivity contribution in [2.45, 2.75) is 31.6 Å². The van der Waals surface area contributed by atoms with Crippen molar-refractivity contribution in [1.29, 1.82) is 0 Å². The number of amides is 2. The van der Waals surface area contributed by atoms with Crippen LogP contribution in [-0.4, -0.2) is 25.5 Å². The van der Waals surface area contributed by atoms with Crippen molar-refractivity contribution in [1.82, 2.24) is 10.9 Å². The van der Waals surface area contributed by atoms with E-state index < -0.39 is 11.3 Å². The summed E-state index contributed by atoms with van der Waals surface area (Å²) in [4.78, 5) is 25.3. The zero-order chi connectivity index (χ0) is 20.1. The van der Waals surface area contributed by atoms with Crippen LogP contribution in [0.4, 0.5) is 0 Å². The van der Waals surface area contributed by atoms with E-state index in [0.29, 0.717) is 28.7 Å². The maximum Gasteiger partial charge on any atom is 0.269 e. The molecule has 0 aliphatic heterocycles. The summed E-state index contributed by atoms with van der Waals surface area (Å²) < 4.78 is 10.7. The first-order valence-corrected chi connectivity index (χ1v) is 9.55. The fourth-order valence-corrected chi connectivity index (χ4v) is 3.46. The van der Waals surface area contributed by atoms with Crippen molar-refractivity contribution in [2.24, 2.45) is 0 Å². The average molecular weight is 403 g/mol. The number of halogens is 1. The van der Waals surface area contributed by atoms with Crippen LogP contribution in [0.3, 0.4) is 0 Å². The molecule has 28 heavy (non-hydrogen) atoms. The van der Waals surface area contributed by atoms with Crippen LogP contribution in [0, 0.1) is 0 Å². The Morgan fingerprint density at radius 2 is 1.79 bits per heavy atom. The fourth-order valence-electron chi connectivity index (χ4n) is 3.33. The Balaban J connectivity index is 1.68. The standard InChI is InChI=1S/C21H23ClN2O4/c1-3-28-17-10-5-14(13-18(17)27-2)19(25)23-24-20(26)21(11-4-12-21)15-6-8-16(22)9-7-15/h5-10,13H,3-4,11-12H2,1-2H3,(H,23,25)(H,24,26). The van der Waals surface area contributed by atoms with E-state index in [0.717, 1.165) is 24.8 Å². The summed E-state index contributed by atoms with van der Waals surface area (Å²) in [5, 5.41) is 0.622. The van der Waals surface area contributed by atoms with Crippen LogP contribution >= 0.6 is 11.6 Å². The fraction of sp³-hybridized carbons (Fsp3) is 0.333. The van der Waals surface area contributed by atoms with Gasteiger partial charge in [0, 0.05) is 10.6 Å². The van der Waals surface area contributed by atoms with Gasteiger partial charge in [0.2, 0.25) is 5.91 Å². The van der Waals surface area contributed by atoms with Gasteiger partial charge in [-0.25, -0.2) is 0 Å². The molecular weight excluding hydrogens is 380 g/mol. The van der Waals surface area contributed by atoms with Gasteiger partial charge < -0.3 is 9.47 Å². The normalized spacial score (nSPS) is 14.5. The molecular formula is C21H23ClN2O4. The molecule has 148 valence electrons. The number of hydrazine groups is 1. The first-order chi connectivity index (χ1) is 13.5. The van der Waals surface area contributed by atoms with Gasteiger partial charge >= 0.3 is 0 Å². The van der Waals surface area contributed by atoms with Crippen LogP contribution in [0.15, 0.2) is 42.5 Å². The Hall–Kier alpha value is -2.73. The zero-order valence-electron chi connectivity index (χ0n) is 15.9. The van der Waals surface area contributed by atoms with Gasteiger partial charge in [0.15, 0.2) is 11.5 Å². The van der Waals surface area contributed by atoms with Crippen LogP contribution in [0.1, 0.15) is 42.1 Å². The van der Waals surface area contributed by atoms with Gasteiger partial charge in [0.25, 0.3) is 5.91 Å². The molecule has 0 bridgehead atoms. The highest BCUT2D eigenvalue weighted by Crippen LogP contribution is 2.44. The number of nitrogens with one attached hydrogen (secondary N) is 2. The minimum atomic E-state index is -0.631. The van der Waals surface area contributed by atoms with E-state index in [1.807, 2.05) is 19.1 Å². The summed E-state index contributed by atoms with van der Waals surface area (Å²) in [7, 11) is 1.51. The van der Waals surface area contributed by atoms with E-state index in [4.69, 9.17) is 21.1 Å². The minimum absolute atomic E-state index is 0.229. The smallest absolute Gasteiger partial charge is 0.269 e. The SMILES string of the molecule is CCOc1ccc(C(=O)NNC(=O)C2(c3ccc(Cl)cc3)CCC2)cc1OC. The van der Waals surface area contributed by atoms with Crippen LogP contribution in [0.25, 0.3) is 0 Å². The summed E-state index contributed by atoms with van der Waals surface area (Å²) in [5.74, 6) is 0.354. The van der Waals surface area contributed by atoms with E-state index >= 15 is 0 Å². The lowest BCUT2D eigenvalue weighted by atomic mass is 9.64. The molecule has 0 radical (unpaired) electrons. The average Bonchev–Trinajstić information content (AvgIpc) is 2.67. The van der Waals surface area contributed by atoms with Crippen molar-refractivity contribution < 1.29 is 19.1 Å². The predicted molar refractivity (Wildman–Crippen MR) is 107 cm³/mol. The molecule has 1 aliphatic carbocycles. The molecule has 1 aliphatic rings. The third kappa shape index (κ3) is 3.92. The maximum absolute atomic E-state index is 12.8. The Labute approximate surface area is 169 Å². The second-order valence-corrected chi connectivity index (χ2v) is 7.09. The second kappa shape index (κ2) is 8.52. The Morgan fingerprint density at radius 3 is 2.36 bits per heavy atom. The van der Waals surface area contributed by atoms with E-state index in [1.54, 1.807) is 30.3 Å². The largest absolute Gasteiger partial charge is 0.493 e. The maximum atomic E-state index is 12.8. The monoisotopic (exact) mass is 402 g/mol. The summed E-state index contributed by atoms with van der Waals surface area (Å²) in [6, 6.07) is 12.1. The summed E-state index contributed by atoms with van der Waals surface area (Å²) in [6.45, 7) is 2.36. The Bertz CT molecular complexity index is 863. The molecule has 6 nitrogen and oxygen atoms in total. The minimum Gasteiger partial charge on any atom is -0.493 e. The first kappa shape index (κ1) is 20.0. The molecule has 1 fully saturated rings. The number of rotatable bonds is 6. The molecule has 2 N–H and O–H groups in total. The van der Waals surface area contributed by atoms with E-state index in [2.05, 4.69) is 10.9 Å². The molecule has 0 heterocycles. The highest BCUT2D eigenvalue weighted by atomic mass is 35.5. The van der Waals surface area contributed by atoms with Crippen molar-refractivity contribution in [3.05, 3.63) is 58.6 Å². The van der Waals surface area contributed by atoms with Crippen LogP contribution in [-0.2, 0) is 10.2 Å². The van der Waals surface area contributed by atoms with Crippen molar-refractivity contribution in [3.63, 3.8) is 0 Å². The van der Waals surface area contributed by atoms with Gasteiger partial charge in [-0.15, -0.1) is 0 Å². The molecule has 7 heteroatoms. The van der Waals surface area contributed by atoms with E-state index in [-0.39, 0.29) is 5.91 Å². The number of ether oxygens (including phenoxy) is 2. The summed E-state index contributed by atoms with van der Waals surface area (Å²) in [6.07, 6.45) is 2.42. The van der Waals surface area contributed by atoms with Gasteiger partial charge in [0.05, 0.1) is 19.1 Å². The zero-order valence-corrected chi connectivity index (χ0v) is 16.6. The van der Waals surface area contributed by atoms with Crippen LogP contribution < -0.4 is 20.3 Å². The lowest BCUT2D eigenvalue weighted by Crippen LogP contribution is -2.54. The lowest BCUT2D eigenvalue weighted by molar-refractivity contribution is -0.130. The van der Waals surface area contributed by atoms with Crippen molar-refractivity contribution >= 4 is 23.4 Å². The molecule has 2 aromatic carbocycles. The van der Waals surface area contributed by atoms with Gasteiger partial charge in [-0.05, 0) is 55.7 Å². The van der Waals surface area contributed by atoms with E-state index in [9.17, 15) is 9.59 Å². The van der Waals surface area contributed by atoms with E-state index in [1.165, 1.54) is 7.11 Å². The third-order valence-electron chi connectivity index (χ3n) is 5.05. The van der Waals surface area contributed by atoms with Gasteiger partial charge in [-0.1, -0.05) is 30.2 Å². The molecule has 0 unspecified atom stereocenters. The molecule has 0 saturated heterocycles. The summed E-state index contributed by atoms with van der Waals surface area (Å²) in [5.41, 5.74) is 5.69.